The van der Waals surface area contributed by atoms with Gasteiger partial charge in [-0.25, -0.2) is 0 Å². The van der Waals surface area contributed by atoms with E-state index in [9.17, 15) is 4.79 Å². The van der Waals surface area contributed by atoms with Gasteiger partial charge in [0.25, 0.3) is 5.91 Å². The van der Waals surface area contributed by atoms with Crippen LogP contribution < -0.4 is 4.90 Å². The molecule has 1 saturated heterocycles. The summed E-state index contributed by atoms with van der Waals surface area (Å²) in [5.74, 6) is 0.719. The molecule has 5 nitrogen and oxygen atoms in total. The zero-order valence-electron chi connectivity index (χ0n) is 13.5. The maximum absolute atomic E-state index is 12.5. The highest BCUT2D eigenvalue weighted by Gasteiger charge is 2.19. The molecular formula is C18H22N4O. The van der Waals surface area contributed by atoms with Gasteiger partial charge in [0.2, 0.25) is 0 Å². The van der Waals surface area contributed by atoms with Crippen molar-refractivity contribution >= 4 is 17.4 Å². The van der Waals surface area contributed by atoms with E-state index in [0.717, 1.165) is 37.4 Å². The highest BCUT2D eigenvalue weighted by molar-refractivity contribution is 5.92. The van der Waals surface area contributed by atoms with Crippen LogP contribution in [-0.4, -0.2) is 41.1 Å². The first-order chi connectivity index (χ1) is 11.3. The zero-order valence-corrected chi connectivity index (χ0v) is 13.5. The van der Waals surface area contributed by atoms with Gasteiger partial charge in [0.15, 0.2) is 11.5 Å². The summed E-state index contributed by atoms with van der Waals surface area (Å²) >= 11 is 0. The smallest absolute Gasteiger partial charge is 0.274 e. The topological polar surface area (TPSA) is 49.3 Å². The molecular weight excluding hydrogens is 288 g/mol. The molecule has 2 heterocycles. The molecule has 0 bridgehead atoms. The van der Waals surface area contributed by atoms with Gasteiger partial charge in [0, 0.05) is 25.8 Å². The molecule has 1 aliphatic rings. The Kier molecular flexibility index (Phi) is 4.86. The number of benzene rings is 1. The van der Waals surface area contributed by atoms with E-state index >= 15 is 0 Å². The monoisotopic (exact) mass is 310 g/mol. The third-order valence-electron chi connectivity index (χ3n) is 4.25. The van der Waals surface area contributed by atoms with Gasteiger partial charge < -0.3 is 9.80 Å². The number of aromatic nitrogens is 2. The van der Waals surface area contributed by atoms with Crippen molar-refractivity contribution in [3.8, 4) is 0 Å². The first-order valence-corrected chi connectivity index (χ1v) is 8.17. The Bertz CT molecular complexity index is 634. The molecule has 0 aliphatic carbocycles. The number of carbonyl (C=O) groups excluding carboxylic acids is 1. The van der Waals surface area contributed by atoms with Crippen LogP contribution in [0.3, 0.4) is 0 Å². The molecule has 120 valence electrons. The standard InChI is InChI=1S/C18H22N4O/c1-21(15-9-5-4-6-10-15)17-12-11-16(19-20-17)18(23)22-13-7-2-3-8-14-22/h4-6,9-12H,2-3,7-8,13-14H2,1H3. The van der Waals surface area contributed by atoms with Crippen molar-refractivity contribution in [2.45, 2.75) is 25.7 Å². The van der Waals surface area contributed by atoms with Gasteiger partial charge in [-0.1, -0.05) is 31.0 Å². The summed E-state index contributed by atoms with van der Waals surface area (Å²) in [5, 5.41) is 8.37. The average molecular weight is 310 g/mol. The normalized spacial score (nSPS) is 15.1. The van der Waals surface area contributed by atoms with Gasteiger partial charge >= 0.3 is 0 Å². The van der Waals surface area contributed by atoms with E-state index < -0.39 is 0 Å². The summed E-state index contributed by atoms with van der Waals surface area (Å²) in [6, 6.07) is 13.6. The summed E-state index contributed by atoms with van der Waals surface area (Å²) in [6.45, 7) is 1.65. The second-order valence-electron chi connectivity index (χ2n) is 5.88. The molecule has 0 N–H and O–H groups in total. The van der Waals surface area contributed by atoms with Crippen LogP contribution in [0.5, 0.6) is 0 Å². The first-order valence-electron chi connectivity index (χ1n) is 8.17. The van der Waals surface area contributed by atoms with Gasteiger partial charge in [-0.3, -0.25) is 4.79 Å². The third-order valence-corrected chi connectivity index (χ3v) is 4.25. The molecule has 0 radical (unpaired) electrons. The van der Waals surface area contributed by atoms with Crippen molar-refractivity contribution in [2.24, 2.45) is 0 Å². The second-order valence-corrected chi connectivity index (χ2v) is 5.88. The van der Waals surface area contributed by atoms with Crippen molar-refractivity contribution in [3.63, 3.8) is 0 Å². The fourth-order valence-corrected chi connectivity index (χ4v) is 2.84. The van der Waals surface area contributed by atoms with Gasteiger partial charge in [-0.05, 0) is 37.1 Å². The van der Waals surface area contributed by atoms with E-state index in [1.165, 1.54) is 12.8 Å². The predicted molar refractivity (Wildman–Crippen MR) is 90.9 cm³/mol. The van der Waals surface area contributed by atoms with Crippen molar-refractivity contribution in [1.29, 1.82) is 0 Å². The molecule has 0 spiro atoms. The van der Waals surface area contributed by atoms with Crippen molar-refractivity contribution in [3.05, 3.63) is 48.2 Å². The van der Waals surface area contributed by atoms with Gasteiger partial charge in [-0.2, -0.15) is 0 Å². The number of amides is 1. The predicted octanol–water partition coefficient (Wildman–Crippen LogP) is 3.26. The zero-order chi connectivity index (χ0) is 16.1. The van der Waals surface area contributed by atoms with E-state index in [1.54, 1.807) is 6.07 Å². The van der Waals surface area contributed by atoms with Crippen molar-refractivity contribution in [2.75, 3.05) is 25.0 Å². The summed E-state index contributed by atoms with van der Waals surface area (Å²) in [4.78, 5) is 16.4. The van der Waals surface area contributed by atoms with Crippen LogP contribution in [0.4, 0.5) is 11.5 Å². The van der Waals surface area contributed by atoms with Crippen LogP contribution in [-0.2, 0) is 0 Å². The van der Waals surface area contributed by atoms with Gasteiger partial charge in [0.05, 0.1) is 0 Å². The molecule has 2 aromatic rings. The highest BCUT2D eigenvalue weighted by atomic mass is 16.2. The molecule has 1 fully saturated rings. The summed E-state index contributed by atoms with van der Waals surface area (Å²) in [7, 11) is 1.94. The van der Waals surface area contributed by atoms with Crippen LogP contribution in [0, 0.1) is 0 Å². The maximum Gasteiger partial charge on any atom is 0.274 e. The highest BCUT2D eigenvalue weighted by Crippen LogP contribution is 2.20. The Morgan fingerprint density at radius 1 is 0.957 bits per heavy atom. The maximum atomic E-state index is 12.5. The number of hydrogen-bond donors (Lipinski definition) is 0. The molecule has 5 heteroatoms. The Balaban J connectivity index is 1.72. The van der Waals surface area contributed by atoms with Crippen LogP contribution in [0.25, 0.3) is 0 Å². The molecule has 0 unspecified atom stereocenters. The van der Waals surface area contributed by atoms with Crippen molar-refractivity contribution in [1.82, 2.24) is 15.1 Å². The molecule has 1 aromatic carbocycles. The van der Waals surface area contributed by atoms with Crippen LogP contribution in [0.2, 0.25) is 0 Å². The lowest BCUT2D eigenvalue weighted by atomic mass is 10.2. The molecule has 1 aromatic heterocycles. The summed E-state index contributed by atoms with van der Waals surface area (Å²) in [6.07, 6.45) is 4.56. The first kappa shape index (κ1) is 15.5. The number of para-hydroxylation sites is 1. The van der Waals surface area contributed by atoms with E-state index in [1.807, 2.05) is 53.2 Å². The Morgan fingerprint density at radius 2 is 1.65 bits per heavy atom. The Morgan fingerprint density at radius 3 is 2.26 bits per heavy atom. The minimum atomic E-state index is -0.00619. The molecule has 3 rings (SSSR count). The Labute approximate surface area is 136 Å². The lowest BCUT2D eigenvalue weighted by molar-refractivity contribution is 0.0754. The van der Waals surface area contributed by atoms with Gasteiger partial charge in [0.1, 0.15) is 0 Å². The number of anilines is 2. The molecule has 0 saturated carbocycles. The number of carbonyl (C=O) groups is 1. The second kappa shape index (κ2) is 7.22. The minimum absolute atomic E-state index is 0.00619. The summed E-state index contributed by atoms with van der Waals surface area (Å²) < 4.78 is 0. The largest absolute Gasteiger partial charge is 0.337 e. The number of rotatable bonds is 3. The van der Waals surface area contributed by atoms with E-state index in [2.05, 4.69) is 10.2 Å². The lowest BCUT2D eigenvalue weighted by Gasteiger charge is -2.20. The van der Waals surface area contributed by atoms with Crippen LogP contribution in [0.1, 0.15) is 36.2 Å². The van der Waals surface area contributed by atoms with Crippen LogP contribution >= 0.6 is 0 Å². The number of likely N-dealkylation sites (tertiary alicyclic amines) is 1. The minimum Gasteiger partial charge on any atom is -0.337 e. The van der Waals surface area contributed by atoms with E-state index in [0.29, 0.717) is 5.69 Å². The molecule has 0 atom stereocenters. The lowest BCUT2D eigenvalue weighted by Crippen LogP contribution is -2.32. The molecule has 1 aliphatic heterocycles. The van der Waals surface area contributed by atoms with E-state index in [-0.39, 0.29) is 5.91 Å². The fraction of sp³-hybridized carbons (Fsp3) is 0.389. The molecule has 1 amide bonds. The SMILES string of the molecule is CN(c1ccccc1)c1ccc(C(=O)N2CCCCCC2)nn1. The van der Waals surface area contributed by atoms with Crippen LogP contribution in [0.15, 0.2) is 42.5 Å². The van der Waals surface area contributed by atoms with Crippen molar-refractivity contribution < 1.29 is 4.79 Å². The molecule has 23 heavy (non-hydrogen) atoms. The average Bonchev–Trinajstić information content (AvgIpc) is 2.91. The van der Waals surface area contributed by atoms with E-state index in [4.69, 9.17) is 0 Å². The van der Waals surface area contributed by atoms with Gasteiger partial charge in [-0.15, -0.1) is 10.2 Å². The Hall–Kier alpha value is -2.43. The fourth-order valence-electron chi connectivity index (χ4n) is 2.84. The number of nitrogens with zero attached hydrogens (tertiary/aromatic N) is 4. The summed E-state index contributed by atoms with van der Waals surface area (Å²) in [5.41, 5.74) is 1.46. The quantitative estimate of drug-likeness (QED) is 0.873. The third kappa shape index (κ3) is 3.67. The number of hydrogen-bond acceptors (Lipinski definition) is 4.